The lowest BCUT2D eigenvalue weighted by atomic mass is 10.0. The van der Waals surface area contributed by atoms with Crippen LogP contribution in [0.4, 0.5) is 0 Å². The maximum absolute atomic E-state index is 11.6. The van der Waals surface area contributed by atoms with E-state index in [0.29, 0.717) is 18.1 Å². The molecule has 1 aromatic rings. The van der Waals surface area contributed by atoms with E-state index in [1.54, 1.807) is 7.05 Å². The molecule has 0 radical (unpaired) electrons. The van der Waals surface area contributed by atoms with Crippen LogP contribution in [0.25, 0.3) is 0 Å². The predicted molar refractivity (Wildman–Crippen MR) is 114 cm³/mol. The van der Waals surface area contributed by atoms with Crippen LogP contribution < -0.4 is 5.32 Å². The van der Waals surface area contributed by atoms with Crippen LogP contribution in [-0.4, -0.2) is 56.4 Å². The van der Waals surface area contributed by atoms with Crippen LogP contribution in [0.15, 0.2) is 4.99 Å². The monoisotopic (exact) mass is 498 g/mol. The number of rotatable bonds is 4. The van der Waals surface area contributed by atoms with E-state index in [2.05, 4.69) is 15.2 Å². The number of nitrogens with zero attached hydrogens (tertiary/aromatic N) is 3. The molecule has 2 heterocycles. The standard InChI is InChI=1S/C16H26N4O2S2.HI/c1-17-16(18-9-12-7-8-24(21,22)11-12)20(2)10-15-19-13-5-3-4-6-14(13)23-15;/h12H,3-11H2,1-2H3,(H,17,18);1H. The molecule has 2 aliphatic rings. The van der Waals surface area contributed by atoms with Gasteiger partial charge in [-0.2, -0.15) is 0 Å². The van der Waals surface area contributed by atoms with E-state index < -0.39 is 9.84 Å². The highest BCUT2D eigenvalue weighted by Crippen LogP contribution is 2.27. The maximum atomic E-state index is 11.6. The number of hydrogen-bond acceptors (Lipinski definition) is 5. The van der Waals surface area contributed by atoms with Crippen LogP contribution in [0.5, 0.6) is 0 Å². The fraction of sp³-hybridized carbons (Fsp3) is 0.750. The molecule has 1 N–H and O–H groups in total. The number of aliphatic imine (C=N–C) groups is 1. The molecule has 1 unspecified atom stereocenters. The van der Waals surface area contributed by atoms with Crippen molar-refractivity contribution in [3.63, 3.8) is 0 Å². The summed E-state index contributed by atoms with van der Waals surface area (Å²) in [5, 5.41) is 4.45. The van der Waals surface area contributed by atoms with Gasteiger partial charge in [0.15, 0.2) is 15.8 Å². The van der Waals surface area contributed by atoms with Gasteiger partial charge in [-0.1, -0.05) is 0 Å². The SMILES string of the molecule is CN=C(NCC1CCS(=O)(=O)C1)N(C)Cc1nc2c(s1)CCCC2.I. The fourth-order valence-corrected chi connectivity index (χ4v) is 6.48. The smallest absolute Gasteiger partial charge is 0.193 e. The lowest BCUT2D eigenvalue weighted by Crippen LogP contribution is -2.40. The number of guanidine groups is 1. The van der Waals surface area contributed by atoms with Gasteiger partial charge in [0.2, 0.25) is 0 Å². The zero-order valence-corrected chi connectivity index (χ0v) is 18.8. The van der Waals surface area contributed by atoms with Crippen LogP contribution >= 0.6 is 35.3 Å². The maximum Gasteiger partial charge on any atom is 0.193 e. The summed E-state index contributed by atoms with van der Waals surface area (Å²) in [5.74, 6) is 1.60. The predicted octanol–water partition coefficient (Wildman–Crippen LogP) is 2.08. The number of sulfone groups is 1. The van der Waals surface area contributed by atoms with Gasteiger partial charge in [-0.3, -0.25) is 4.99 Å². The van der Waals surface area contributed by atoms with Crippen molar-refractivity contribution in [1.29, 1.82) is 0 Å². The highest BCUT2D eigenvalue weighted by Gasteiger charge is 2.28. The molecule has 0 aromatic carbocycles. The Labute approximate surface area is 171 Å². The number of fused-ring (bicyclic) bond motifs is 1. The molecule has 3 rings (SSSR count). The van der Waals surface area contributed by atoms with Crippen molar-refractivity contribution in [2.24, 2.45) is 10.9 Å². The summed E-state index contributed by atoms with van der Waals surface area (Å²) in [6.45, 7) is 1.39. The van der Waals surface area contributed by atoms with Gasteiger partial charge in [0.05, 0.1) is 23.7 Å². The van der Waals surface area contributed by atoms with E-state index in [9.17, 15) is 8.42 Å². The summed E-state index contributed by atoms with van der Waals surface area (Å²) in [6, 6.07) is 0. The third-order valence-corrected chi connectivity index (χ3v) is 7.69. The number of aromatic nitrogens is 1. The molecule has 1 fully saturated rings. The summed E-state index contributed by atoms with van der Waals surface area (Å²) < 4.78 is 23.1. The zero-order valence-electron chi connectivity index (χ0n) is 14.8. The van der Waals surface area contributed by atoms with Crippen molar-refractivity contribution in [2.45, 2.75) is 38.6 Å². The highest BCUT2D eigenvalue weighted by atomic mass is 127. The van der Waals surface area contributed by atoms with Crippen molar-refractivity contribution in [3.05, 3.63) is 15.6 Å². The zero-order chi connectivity index (χ0) is 17.2. The molecule has 9 heteroatoms. The normalized spacial score (nSPS) is 22.2. The molecule has 1 aromatic heterocycles. The Morgan fingerprint density at radius 3 is 2.80 bits per heavy atom. The quantitative estimate of drug-likeness (QED) is 0.391. The molecule has 0 amide bonds. The van der Waals surface area contributed by atoms with Crippen molar-refractivity contribution < 1.29 is 8.42 Å². The van der Waals surface area contributed by atoms with Crippen LogP contribution in [0.3, 0.4) is 0 Å². The summed E-state index contributed by atoms with van der Waals surface area (Å²) in [6.07, 6.45) is 5.55. The topological polar surface area (TPSA) is 74.7 Å². The van der Waals surface area contributed by atoms with Gasteiger partial charge < -0.3 is 10.2 Å². The number of aryl methyl sites for hydroxylation is 2. The third-order valence-electron chi connectivity index (χ3n) is 4.71. The van der Waals surface area contributed by atoms with Crippen LogP contribution in [-0.2, 0) is 29.2 Å². The molecule has 1 atom stereocenters. The molecular weight excluding hydrogens is 471 g/mol. The van der Waals surface area contributed by atoms with Gasteiger partial charge >= 0.3 is 0 Å². The van der Waals surface area contributed by atoms with Crippen LogP contribution in [0.2, 0.25) is 0 Å². The van der Waals surface area contributed by atoms with Crippen LogP contribution in [0, 0.1) is 5.92 Å². The van der Waals surface area contributed by atoms with Gasteiger partial charge in [0.25, 0.3) is 0 Å². The third kappa shape index (κ3) is 5.53. The first-order valence-electron chi connectivity index (χ1n) is 8.56. The molecule has 0 bridgehead atoms. The van der Waals surface area contributed by atoms with Crippen molar-refractivity contribution >= 4 is 51.1 Å². The first-order valence-corrected chi connectivity index (χ1v) is 11.2. The number of nitrogens with one attached hydrogen (secondary N) is 1. The van der Waals surface area contributed by atoms with Crippen LogP contribution in [0.1, 0.15) is 34.8 Å². The minimum absolute atomic E-state index is 0. The van der Waals surface area contributed by atoms with E-state index >= 15 is 0 Å². The average Bonchev–Trinajstić information content (AvgIpc) is 3.10. The van der Waals surface area contributed by atoms with Gasteiger partial charge in [-0.05, 0) is 38.0 Å². The Balaban J connectivity index is 0.00000225. The summed E-state index contributed by atoms with van der Waals surface area (Å²) >= 11 is 1.82. The van der Waals surface area contributed by atoms with E-state index in [-0.39, 0.29) is 29.9 Å². The molecule has 25 heavy (non-hydrogen) atoms. The molecule has 1 aliphatic carbocycles. The summed E-state index contributed by atoms with van der Waals surface area (Å²) in [5.41, 5.74) is 1.29. The van der Waals surface area contributed by atoms with E-state index in [4.69, 9.17) is 4.98 Å². The fourth-order valence-electron chi connectivity index (χ4n) is 3.40. The van der Waals surface area contributed by atoms with Gasteiger partial charge in [-0.25, -0.2) is 13.4 Å². The number of hydrogen-bond donors (Lipinski definition) is 1. The Morgan fingerprint density at radius 2 is 2.16 bits per heavy atom. The van der Waals surface area contributed by atoms with E-state index in [1.807, 2.05) is 18.4 Å². The second kappa shape index (κ2) is 8.98. The Hall–Kier alpha value is -0.420. The van der Waals surface area contributed by atoms with Gasteiger partial charge in [-0.15, -0.1) is 35.3 Å². The average molecular weight is 498 g/mol. The van der Waals surface area contributed by atoms with E-state index in [0.717, 1.165) is 30.4 Å². The highest BCUT2D eigenvalue weighted by molar-refractivity contribution is 14.0. The summed E-state index contributed by atoms with van der Waals surface area (Å²) in [4.78, 5) is 12.6. The Morgan fingerprint density at radius 1 is 1.40 bits per heavy atom. The Kier molecular flexibility index (Phi) is 7.51. The van der Waals surface area contributed by atoms with Gasteiger partial charge in [0, 0.05) is 25.5 Å². The van der Waals surface area contributed by atoms with Gasteiger partial charge in [0.1, 0.15) is 5.01 Å². The lowest BCUT2D eigenvalue weighted by molar-refractivity contribution is 0.462. The van der Waals surface area contributed by atoms with Crippen molar-refractivity contribution in [3.8, 4) is 0 Å². The largest absolute Gasteiger partial charge is 0.356 e. The molecule has 6 nitrogen and oxygen atoms in total. The minimum atomic E-state index is -2.82. The molecular formula is C16H27IN4O2S2. The molecule has 0 saturated carbocycles. The first-order chi connectivity index (χ1) is 11.5. The molecule has 0 spiro atoms. The number of thiazole rings is 1. The van der Waals surface area contributed by atoms with E-state index in [1.165, 1.54) is 29.8 Å². The first kappa shape index (κ1) is 20.9. The number of halogens is 1. The second-order valence-corrected chi connectivity index (χ2v) is 10.1. The molecule has 1 aliphatic heterocycles. The molecule has 142 valence electrons. The second-order valence-electron chi connectivity index (χ2n) is 6.74. The van der Waals surface area contributed by atoms with Crippen molar-refractivity contribution in [1.82, 2.24) is 15.2 Å². The Bertz CT molecular complexity index is 694. The minimum Gasteiger partial charge on any atom is -0.356 e. The summed E-state index contributed by atoms with van der Waals surface area (Å²) in [7, 11) is 0.939. The van der Waals surface area contributed by atoms with Crippen molar-refractivity contribution in [2.75, 3.05) is 32.1 Å². The molecule has 1 saturated heterocycles. The lowest BCUT2D eigenvalue weighted by Gasteiger charge is -2.22.